The number of likely N-dealkylation sites (tertiary alicyclic amines) is 1. The number of carbonyl (C=O) groups is 2. The molecule has 3 aromatic rings. The van der Waals surface area contributed by atoms with E-state index in [-0.39, 0.29) is 24.3 Å². The predicted octanol–water partition coefficient (Wildman–Crippen LogP) is 1.03. The fourth-order valence-electron chi connectivity index (χ4n) is 4.60. The van der Waals surface area contributed by atoms with Crippen LogP contribution in [0.2, 0.25) is 0 Å². The Labute approximate surface area is 196 Å². The molecular formula is C24H30N6O4. The van der Waals surface area contributed by atoms with E-state index in [1.165, 1.54) is 17.9 Å². The lowest BCUT2D eigenvalue weighted by molar-refractivity contribution is -0.135. The summed E-state index contributed by atoms with van der Waals surface area (Å²) < 4.78 is 4.03. The van der Waals surface area contributed by atoms with Crippen LogP contribution in [-0.2, 0) is 25.4 Å². The average Bonchev–Trinajstić information content (AvgIpc) is 3.29. The number of hydrogen-bond acceptors (Lipinski definition) is 5. The molecule has 1 aliphatic heterocycles. The van der Waals surface area contributed by atoms with E-state index in [1.54, 1.807) is 23.7 Å². The molecule has 0 aliphatic carbocycles. The Kier molecular flexibility index (Phi) is 6.95. The van der Waals surface area contributed by atoms with Gasteiger partial charge in [0.15, 0.2) is 11.2 Å². The topological polar surface area (TPSA) is 111 Å². The number of nitrogens with one attached hydrogen (secondary N) is 1. The number of nitrogens with zero attached hydrogens (tertiary/aromatic N) is 5. The third-order valence-electron chi connectivity index (χ3n) is 6.53. The first kappa shape index (κ1) is 23.5. The van der Waals surface area contributed by atoms with Gasteiger partial charge < -0.3 is 14.8 Å². The molecule has 0 radical (unpaired) electrons. The third kappa shape index (κ3) is 4.66. The summed E-state index contributed by atoms with van der Waals surface area (Å²) in [6.07, 6.45) is 5.34. The molecule has 3 heterocycles. The molecule has 4 rings (SSSR count). The highest BCUT2D eigenvalue weighted by molar-refractivity contribution is 5.94. The summed E-state index contributed by atoms with van der Waals surface area (Å²) in [5.74, 6) is -0.0974. The standard InChI is InChI=1S/C24H30N6O4/c1-27-21-20(23(33)28(2)24(27)34)29(16-26-21)15-12-19(31)30-14-7-6-10-18(30)11-13-25-22(32)17-8-4-3-5-9-17/h3-5,8-9,16,18H,6-7,10-15H2,1-2H3,(H,25,32). The van der Waals surface area contributed by atoms with Crippen molar-refractivity contribution in [1.82, 2.24) is 28.9 Å². The second-order valence-corrected chi connectivity index (χ2v) is 8.71. The van der Waals surface area contributed by atoms with Crippen LogP contribution in [0.15, 0.2) is 46.2 Å². The SMILES string of the molecule is Cn1c(=O)c2c(ncn2CCC(=O)N2CCCCC2CCNC(=O)c2ccccc2)n(C)c1=O. The molecule has 2 aromatic heterocycles. The van der Waals surface area contributed by atoms with Gasteiger partial charge in [0, 0.05) is 51.8 Å². The molecular weight excluding hydrogens is 436 g/mol. The monoisotopic (exact) mass is 466 g/mol. The average molecular weight is 467 g/mol. The first-order chi connectivity index (χ1) is 16.4. The van der Waals surface area contributed by atoms with Crippen LogP contribution in [-0.4, -0.2) is 54.5 Å². The zero-order valence-corrected chi connectivity index (χ0v) is 19.6. The summed E-state index contributed by atoms with van der Waals surface area (Å²) in [5.41, 5.74) is 0.388. The maximum absolute atomic E-state index is 13.1. The van der Waals surface area contributed by atoms with E-state index in [0.717, 1.165) is 23.8 Å². The second kappa shape index (κ2) is 10.1. The molecule has 0 spiro atoms. The molecule has 1 atom stereocenters. The number of benzene rings is 1. The van der Waals surface area contributed by atoms with Gasteiger partial charge in [-0.2, -0.15) is 0 Å². The van der Waals surface area contributed by atoms with Gasteiger partial charge in [-0.15, -0.1) is 0 Å². The normalized spacial score (nSPS) is 16.1. The second-order valence-electron chi connectivity index (χ2n) is 8.71. The van der Waals surface area contributed by atoms with Crippen molar-refractivity contribution in [2.45, 2.75) is 44.7 Å². The maximum Gasteiger partial charge on any atom is 0.332 e. The van der Waals surface area contributed by atoms with Gasteiger partial charge >= 0.3 is 5.69 Å². The number of fused-ring (bicyclic) bond motifs is 1. The molecule has 1 aromatic carbocycles. The van der Waals surface area contributed by atoms with Crippen molar-refractivity contribution in [3.63, 3.8) is 0 Å². The zero-order chi connectivity index (χ0) is 24.2. The molecule has 10 heteroatoms. The minimum atomic E-state index is -0.436. The van der Waals surface area contributed by atoms with Crippen molar-refractivity contribution in [2.24, 2.45) is 14.1 Å². The molecule has 1 saturated heterocycles. The Bertz CT molecular complexity index is 1310. The summed E-state index contributed by atoms with van der Waals surface area (Å²) in [7, 11) is 3.00. The van der Waals surface area contributed by atoms with Gasteiger partial charge in [-0.3, -0.25) is 23.5 Å². The quantitative estimate of drug-likeness (QED) is 0.559. The fourth-order valence-corrected chi connectivity index (χ4v) is 4.60. The molecule has 1 unspecified atom stereocenters. The van der Waals surface area contributed by atoms with Gasteiger partial charge in [0.25, 0.3) is 11.5 Å². The van der Waals surface area contributed by atoms with Crippen LogP contribution in [0.1, 0.15) is 42.5 Å². The Morgan fingerprint density at radius 1 is 1.09 bits per heavy atom. The van der Waals surface area contributed by atoms with Crippen LogP contribution in [0.25, 0.3) is 11.2 Å². The lowest BCUT2D eigenvalue weighted by atomic mass is 9.98. The molecule has 1 N–H and O–H groups in total. The van der Waals surface area contributed by atoms with Gasteiger partial charge in [0.1, 0.15) is 0 Å². The summed E-state index contributed by atoms with van der Waals surface area (Å²) >= 11 is 0. The van der Waals surface area contributed by atoms with E-state index in [4.69, 9.17) is 0 Å². The summed E-state index contributed by atoms with van der Waals surface area (Å²) in [6, 6.07) is 9.15. The molecule has 10 nitrogen and oxygen atoms in total. The van der Waals surface area contributed by atoms with Crippen LogP contribution in [0.3, 0.4) is 0 Å². The van der Waals surface area contributed by atoms with Crippen LogP contribution in [0.4, 0.5) is 0 Å². The molecule has 34 heavy (non-hydrogen) atoms. The van der Waals surface area contributed by atoms with Crippen molar-refractivity contribution >= 4 is 23.0 Å². The number of carbonyl (C=O) groups excluding carboxylic acids is 2. The van der Waals surface area contributed by atoms with Crippen molar-refractivity contribution < 1.29 is 9.59 Å². The van der Waals surface area contributed by atoms with Crippen molar-refractivity contribution in [3.8, 4) is 0 Å². The number of amides is 2. The Morgan fingerprint density at radius 2 is 1.85 bits per heavy atom. The number of hydrogen-bond donors (Lipinski definition) is 1. The molecule has 1 fully saturated rings. The summed E-state index contributed by atoms with van der Waals surface area (Å²) in [5, 5.41) is 2.95. The first-order valence-electron chi connectivity index (χ1n) is 11.6. The molecule has 0 saturated carbocycles. The van der Waals surface area contributed by atoms with Gasteiger partial charge in [-0.1, -0.05) is 18.2 Å². The summed E-state index contributed by atoms with van der Waals surface area (Å²) in [4.78, 5) is 56.2. The van der Waals surface area contributed by atoms with Crippen LogP contribution < -0.4 is 16.6 Å². The van der Waals surface area contributed by atoms with Crippen LogP contribution in [0.5, 0.6) is 0 Å². The van der Waals surface area contributed by atoms with Gasteiger partial charge in [-0.25, -0.2) is 9.78 Å². The van der Waals surface area contributed by atoms with Gasteiger partial charge in [-0.05, 0) is 37.8 Å². The number of piperidine rings is 1. The maximum atomic E-state index is 13.1. The zero-order valence-electron chi connectivity index (χ0n) is 19.6. The Morgan fingerprint density at radius 3 is 2.62 bits per heavy atom. The number of rotatable bonds is 7. The van der Waals surface area contributed by atoms with E-state index < -0.39 is 11.2 Å². The predicted molar refractivity (Wildman–Crippen MR) is 128 cm³/mol. The Hall–Kier alpha value is -3.69. The third-order valence-corrected chi connectivity index (χ3v) is 6.53. The largest absolute Gasteiger partial charge is 0.352 e. The van der Waals surface area contributed by atoms with Crippen molar-refractivity contribution in [3.05, 3.63) is 63.1 Å². The van der Waals surface area contributed by atoms with E-state index in [1.807, 2.05) is 23.1 Å². The number of aromatic nitrogens is 4. The minimum Gasteiger partial charge on any atom is -0.352 e. The highest BCUT2D eigenvalue weighted by Crippen LogP contribution is 2.21. The Balaban J connectivity index is 1.38. The van der Waals surface area contributed by atoms with E-state index in [9.17, 15) is 19.2 Å². The lowest BCUT2D eigenvalue weighted by Gasteiger charge is -2.36. The van der Waals surface area contributed by atoms with E-state index >= 15 is 0 Å². The van der Waals surface area contributed by atoms with E-state index in [0.29, 0.717) is 42.8 Å². The number of aryl methyl sites for hydroxylation is 2. The molecule has 2 amide bonds. The lowest BCUT2D eigenvalue weighted by Crippen LogP contribution is -2.45. The van der Waals surface area contributed by atoms with Crippen molar-refractivity contribution in [2.75, 3.05) is 13.1 Å². The van der Waals surface area contributed by atoms with Gasteiger partial charge in [0.2, 0.25) is 5.91 Å². The molecule has 1 aliphatic rings. The van der Waals surface area contributed by atoms with Crippen LogP contribution in [0, 0.1) is 0 Å². The van der Waals surface area contributed by atoms with E-state index in [2.05, 4.69) is 10.3 Å². The minimum absolute atomic E-state index is 0.0163. The van der Waals surface area contributed by atoms with Gasteiger partial charge in [0.05, 0.1) is 6.33 Å². The smallest absolute Gasteiger partial charge is 0.332 e. The summed E-state index contributed by atoms with van der Waals surface area (Å²) in [6.45, 7) is 1.49. The fraction of sp³-hybridized carbons (Fsp3) is 0.458. The highest BCUT2D eigenvalue weighted by Gasteiger charge is 2.26. The van der Waals surface area contributed by atoms with Crippen molar-refractivity contribution in [1.29, 1.82) is 0 Å². The highest BCUT2D eigenvalue weighted by atomic mass is 16.2. The first-order valence-corrected chi connectivity index (χ1v) is 11.6. The molecule has 0 bridgehead atoms. The molecule has 180 valence electrons. The van der Waals surface area contributed by atoms with Crippen LogP contribution >= 0.6 is 0 Å². The number of imidazole rings is 1.